The minimum atomic E-state index is -0.995. The molecule has 216 valence electrons. The van der Waals surface area contributed by atoms with Crippen molar-refractivity contribution in [2.24, 2.45) is 23.7 Å². The fraction of sp³-hybridized carbons (Fsp3) is 0.581. The average molecular weight is 551 g/mol. The lowest BCUT2D eigenvalue weighted by Gasteiger charge is -2.44. The van der Waals surface area contributed by atoms with Gasteiger partial charge in [-0.05, 0) is 80.0 Å². The molecular formula is C31H42BNO7. The van der Waals surface area contributed by atoms with Crippen LogP contribution in [0.15, 0.2) is 41.0 Å². The molecule has 0 aromatic heterocycles. The molecule has 0 bridgehead atoms. The molecule has 0 saturated carbocycles. The Balaban J connectivity index is 1.53. The van der Waals surface area contributed by atoms with E-state index >= 15 is 0 Å². The molecule has 1 aromatic rings. The third-order valence-electron chi connectivity index (χ3n) is 8.75. The number of carbonyl (C=O) groups is 3. The molecule has 0 radical (unpaired) electrons. The van der Waals surface area contributed by atoms with Gasteiger partial charge in [-0.15, -0.1) is 0 Å². The zero-order chi connectivity index (χ0) is 29.0. The van der Waals surface area contributed by atoms with E-state index in [4.69, 9.17) is 9.76 Å². The number of carboxylic acid groups (broad SMARTS) is 1. The number of unbranched alkanes of at least 4 members (excludes halogenated alkanes) is 2. The maximum atomic E-state index is 13.6. The molecule has 2 saturated heterocycles. The first-order valence-corrected chi connectivity index (χ1v) is 14.7. The third-order valence-corrected chi connectivity index (χ3v) is 8.75. The molecular weight excluding hydrogens is 509 g/mol. The van der Waals surface area contributed by atoms with Gasteiger partial charge < -0.3 is 19.9 Å². The van der Waals surface area contributed by atoms with Gasteiger partial charge in [0.25, 0.3) is 0 Å². The van der Waals surface area contributed by atoms with Crippen molar-refractivity contribution < 1.29 is 34.3 Å². The number of likely N-dealkylation sites (tertiary alicyclic amines) is 1. The summed E-state index contributed by atoms with van der Waals surface area (Å²) in [5.74, 6) is -1.84. The van der Waals surface area contributed by atoms with Crippen molar-refractivity contribution in [3.63, 3.8) is 0 Å². The second kappa shape index (κ2) is 13.2. The molecule has 8 nitrogen and oxygen atoms in total. The van der Waals surface area contributed by atoms with Gasteiger partial charge in [0.2, 0.25) is 11.8 Å². The molecule has 2 heterocycles. The molecule has 2 fully saturated rings. The van der Waals surface area contributed by atoms with Crippen LogP contribution in [0.4, 0.5) is 0 Å². The number of rotatable bonds is 12. The normalized spacial score (nSPS) is 25.1. The van der Waals surface area contributed by atoms with Crippen molar-refractivity contribution in [3.05, 3.63) is 46.5 Å². The van der Waals surface area contributed by atoms with Gasteiger partial charge in [-0.3, -0.25) is 19.3 Å². The summed E-state index contributed by atoms with van der Waals surface area (Å²) in [6, 6.07) is 7.09. The van der Waals surface area contributed by atoms with Gasteiger partial charge in [0.05, 0.1) is 17.9 Å². The number of nitrogens with zero attached hydrogens (tertiary/aromatic N) is 1. The largest absolute Gasteiger partial charge is 0.508 e. The predicted molar refractivity (Wildman–Crippen MR) is 153 cm³/mol. The smallest absolute Gasteiger partial charge is 0.455 e. The van der Waals surface area contributed by atoms with E-state index in [1.807, 2.05) is 12.1 Å². The summed E-state index contributed by atoms with van der Waals surface area (Å²) in [5, 5.41) is 29.2. The van der Waals surface area contributed by atoms with E-state index in [2.05, 4.69) is 26.8 Å². The molecule has 0 spiro atoms. The summed E-state index contributed by atoms with van der Waals surface area (Å²) in [6.45, 7) is 6.65. The van der Waals surface area contributed by atoms with Crippen LogP contribution in [0.3, 0.4) is 0 Å². The number of allylic oxidation sites excluding steroid dienone is 2. The van der Waals surface area contributed by atoms with Crippen LogP contribution in [0, 0.1) is 23.7 Å². The lowest BCUT2D eigenvalue weighted by atomic mass is 9.57. The second-order valence-corrected chi connectivity index (χ2v) is 11.7. The molecule has 1 aromatic carbocycles. The number of aromatic hydroxyl groups is 1. The van der Waals surface area contributed by atoms with Gasteiger partial charge in [0.15, 0.2) is 0 Å². The number of aliphatic carboxylic acids is 1. The van der Waals surface area contributed by atoms with E-state index in [-0.39, 0.29) is 41.9 Å². The first-order valence-electron chi connectivity index (χ1n) is 14.7. The lowest BCUT2D eigenvalue weighted by molar-refractivity contribution is -0.141. The monoisotopic (exact) mass is 551 g/mol. The number of phenols is 1. The molecule has 1 aliphatic carbocycles. The Hall–Kier alpha value is -2.91. The Kier molecular flexibility index (Phi) is 9.90. The van der Waals surface area contributed by atoms with E-state index in [9.17, 15) is 24.5 Å². The van der Waals surface area contributed by atoms with E-state index in [0.29, 0.717) is 45.0 Å². The van der Waals surface area contributed by atoms with Crippen LogP contribution in [0.5, 0.6) is 5.75 Å². The maximum Gasteiger partial charge on any atom is 0.455 e. The second-order valence-electron chi connectivity index (χ2n) is 11.7. The predicted octanol–water partition coefficient (Wildman–Crippen LogP) is 5.06. The summed E-state index contributed by atoms with van der Waals surface area (Å²) >= 11 is 0. The molecule has 9 heteroatoms. The maximum absolute atomic E-state index is 13.6. The zero-order valence-corrected chi connectivity index (χ0v) is 23.8. The van der Waals surface area contributed by atoms with Crippen molar-refractivity contribution in [2.45, 2.75) is 84.6 Å². The van der Waals surface area contributed by atoms with E-state index in [1.54, 1.807) is 12.1 Å². The molecule has 40 heavy (non-hydrogen) atoms. The van der Waals surface area contributed by atoms with Crippen molar-refractivity contribution in [3.8, 4) is 5.75 Å². The molecule has 2 amide bonds. The van der Waals surface area contributed by atoms with Gasteiger partial charge in [0.1, 0.15) is 5.75 Å². The topological polar surface area (TPSA) is 124 Å². The number of imide groups is 1. The molecule has 2 aliphatic heterocycles. The van der Waals surface area contributed by atoms with Crippen molar-refractivity contribution in [2.75, 3.05) is 6.54 Å². The van der Waals surface area contributed by atoms with Crippen LogP contribution in [0.2, 0.25) is 6.32 Å². The minimum absolute atomic E-state index is 0.0867. The summed E-state index contributed by atoms with van der Waals surface area (Å²) in [6.07, 6.45) is 6.78. The fourth-order valence-corrected chi connectivity index (χ4v) is 6.73. The zero-order valence-electron chi connectivity index (χ0n) is 23.8. The third kappa shape index (κ3) is 6.69. The molecule has 4 atom stereocenters. The van der Waals surface area contributed by atoms with E-state index in [0.717, 1.165) is 24.0 Å². The van der Waals surface area contributed by atoms with Gasteiger partial charge in [0, 0.05) is 13.0 Å². The Morgan fingerprint density at radius 2 is 1.82 bits per heavy atom. The van der Waals surface area contributed by atoms with Gasteiger partial charge in [-0.25, -0.2) is 0 Å². The Bertz CT molecular complexity index is 1160. The molecule has 3 aliphatic rings. The van der Waals surface area contributed by atoms with Crippen LogP contribution in [0.25, 0.3) is 6.08 Å². The van der Waals surface area contributed by atoms with Gasteiger partial charge >= 0.3 is 13.1 Å². The first kappa shape index (κ1) is 30.1. The van der Waals surface area contributed by atoms with E-state index in [1.165, 1.54) is 16.0 Å². The van der Waals surface area contributed by atoms with Crippen molar-refractivity contribution in [1.82, 2.24) is 4.90 Å². The van der Waals surface area contributed by atoms with Crippen LogP contribution >= 0.6 is 0 Å². The van der Waals surface area contributed by atoms with Crippen LogP contribution in [-0.2, 0) is 19.0 Å². The minimum Gasteiger partial charge on any atom is -0.508 e. The van der Waals surface area contributed by atoms with E-state index < -0.39 is 24.9 Å². The summed E-state index contributed by atoms with van der Waals surface area (Å²) in [7, 11) is -0.995. The summed E-state index contributed by atoms with van der Waals surface area (Å²) in [5.41, 5.74) is 4.52. The highest BCUT2D eigenvalue weighted by atomic mass is 16.5. The number of benzene rings is 1. The number of phenolic OH excluding ortho intramolecular Hbond substituents is 1. The van der Waals surface area contributed by atoms with Crippen molar-refractivity contribution in [1.29, 1.82) is 0 Å². The summed E-state index contributed by atoms with van der Waals surface area (Å²) in [4.78, 5) is 39.3. The van der Waals surface area contributed by atoms with Crippen LogP contribution in [0.1, 0.15) is 77.7 Å². The highest BCUT2D eigenvalue weighted by molar-refractivity contribution is 6.43. The number of amides is 2. The first-order chi connectivity index (χ1) is 19.1. The Labute approximate surface area is 237 Å². The fourth-order valence-electron chi connectivity index (χ4n) is 6.73. The highest BCUT2D eigenvalue weighted by Gasteiger charge is 2.57. The number of hydrogen-bond donors (Lipinski definition) is 3. The van der Waals surface area contributed by atoms with Gasteiger partial charge in [-0.2, -0.15) is 0 Å². The van der Waals surface area contributed by atoms with Crippen LogP contribution < -0.4 is 0 Å². The Morgan fingerprint density at radius 3 is 2.48 bits per heavy atom. The quantitative estimate of drug-likeness (QED) is 0.144. The average Bonchev–Trinajstić information content (AvgIpc) is 3.15. The van der Waals surface area contributed by atoms with Gasteiger partial charge in [-0.1, -0.05) is 56.5 Å². The standard InChI is InChI=1S/C31H42BNO7/c1-4-20(16-21-9-12-22(34)13-10-21)11-14-26-28-23(19(2)3)17-24-29(25(28)18-32(39)40-26)31(38)33(30(24)37)15-7-5-6-8-27(35)36/h9-10,12-13,16,19,24-26,29,34,39H,4-8,11,14-15,17-18H2,1-3H3,(H,35,36)/b20-16+/t24-,25+,26-,29-/m1/s1. The molecule has 0 unspecified atom stereocenters. The lowest BCUT2D eigenvalue weighted by Crippen LogP contribution is -2.46. The highest BCUT2D eigenvalue weighted by Crippen LogP contribution is 2.52. The van der Waals surface area contributed by atoms with Crippen LogP contribution in [-0.4, -0.2) is 57.7 Å². The SMILES string of the molecule is CC/C(=C\c1ccc(O)cc1)CC[C@H]1OB(O)C[C@H]2C1=C(C(C)C)C[C@H]1C(=O)N(CCCCCC(=O)O)C(=O)[C@H]12. The summed E-state index contributed by atoms with van der Waals surface area (Å²) < 4.78 is 6.13. The molecule has 4 rings (SSSR count). The number of carbonyl (C=O) groups excluding carboxylic acids is 2. The number of fused-ring (bicyclic) bond motifs is 3. The number of hydrogen-bond acceptors (Lipinski definition) is 6. The van der Waals surface area contributed by atoms with Crippen molar-refractivity contribution >= 4 is 31.0 Å². The molecule has 3 N–H and O–H groups in total. The number of carboxylic acids is 1. The Morgan fingerprint density at radius 1 is 1.10 bits per heavy atom.